The Kier molecular flexibility index (Phi) is 5.93. The van der Waals surface area contributed by atoms with E-state index in [1.165, 1.54) is 31.4 Å². The number of hydrogen-bond acceptors (Lipinski definition) is 6. The van der Waals surface area contributed by atoms with Crippen LogP contribution in [0.5, 0.6) is 23.0 Å². The van der Waals surface area contributed by atoms with Crippen LogP contribution in [0.3, 0.4) is 0 Å². The van der Waals surface area contributed by atoms with Gasteiger partial charge in [-0.2, -0.15) is 5.26 Å². The summed E-state index contributed by atoms with van der Waals surface area (Å²) in [5.74, 6) is 0.441. The first kappa shape index (κ1) is 21.5. The highest BCUT2D eigenvalue weighted by molar-refractivity contribution is 9.10. The predicted octanol–water partition coefficient (Wildman–Crippen LogP) is 5.10. The number of allylic oxidation sites excluding steroid dienone is 1. The Morgan fingerprint density at radius 1 is 1.19 bits per heavy atom. The maximum absolute atomic E-state index is 13.1. The molecule has 1 aliphatic rings. The first-order chi connectivity index (χ1) is 15.4. The molecule has 0 amide bonds. The molecule has 4 rings (SSSR count). The van der Waals surface area contributed by atoms with Crippen LogP contribution >= 0.6 is 15.9 Å². The van der Waals surface area contributed by atoms with E-state index in [-0.39, 0.29) is 29.6 Å². The fourth-order valence-electron chi connectivity index (χ4n) is 3.57. The topological polar surface area (TPSA) is 97.7 Å². The van der Waals surface area contributed by atoms with Crippen LogP contribution in [0.4, 0.5) is 4.39 Å². The molecule has 0 aromatic heterocycles. The van der Waals surface area contributed by atoms with Crippen molar-refractivity contribution >= 4 is 15.9 Å². The van der Waals surface area contributed by atoms with Crippen molar-refractivity contribution in [2.45, 2.75) is 12.5 Å². The lowest BCUT2D eigenvalue weighted by molar-refractivity contribution is 0.282. The van der Waals surface area contributed by atoms with E-state index >= 15 is 0 Å². The largest absolute Gasteiger partial charge is 0.508 e. The van der Waals surface area contributed by atoms with Crippen molar-refractivity contribution in [1.29, 1.82) is 5.26 Å². The van der Waals surface area contributed by atoms with Gasteiger partial charge in [0, 0.05) is 11.6 Å². The third kappa shape index (κ3) is 4.07. The summed E-state index contributed by atoms with van der Waals surface area (Å²) in [4.78, 5) is 0. The van der Waals surface area contributed by atoms with Crippen LogP contribution in [0, 0.1) is 17.1 Å². The first-order valence-electron chi connectivity index (χ1n) is 9.56. The maximum atomic E-state index is 13.1. The summed E-state index contributed by atoms with van der Waals surface area (Å²) in [6, 6.07) is 16.4. The van der Waals surface area contributed by atoms with E-state index in [9.17, 15) is 14.8 Å². The van der Waals surface area contributed by atoms with Crippen molar-refractivity contribution in [3.8, 4) is 29.1 Å². The fraction of sp³-hybridized carbons (Fsp3) is 0.125. The normalized spacial score (nSPS) is 14.9. The zero-order valence-corrected chi connectivity index (χ0v) is 18.5. The SMILES string of the molecule is COc1cc([C@H]2C(C#N)=C(N)Oc3cc(O)ccc32)cc(Br)c1OCc1ccc(F)cc1. The first-order valence-corrected chi connectivity index (χ1v) is 10.4. The molecule has 0 saturated heterocycles. The number of methoxy groups -OCH3 is 1. The quantitative estimate of drug-likeness (QED) is 0.509. The lowest BCUT2D eigenvalue weighted by atomic mass is 9.83. The Morgan fingerprint density at radius 2 is 1.94 bits per heavy atom. The van der Waals surface area contributed by atoms with Gasteiger partial charge < -0.3 is 25.1 Å². The molecule has 6 nitrogen and oxygen atoms in total. The molecule has 0 unspecified atom stereocenters. The van der Waals surface area contributed by atoms with Crippen LogP contribution in [-0.4, -0.2) is 12.2 Å². The molecule has 1 aliphatic heterocycles. The Labute approximate surface area is 192 Å². The number of phenols is 1. The molecule has 3 aromatic rings. The second-order valence-corrected chi connectivity index (χ2v) is 7.95. The minimum absolute atomic E-state index is 0.0256. The second-order valence-electron chi connectivity index (χ2n) is 7.10. The summed E-state index contributed by atoms with van der Waals surface area (Å²) in [6.45, 7) is 0.213. The van der Waals surface area contributed by atoms with Gasteiger partial charge in [0.25, 0.3) is 0 Å². The Hall–Kier alpha value is -3.70. The number of ether oxygens (including phenoxy) is 3. The molecule has 162 valence electrons. The zero-order valence-electron chi connectivity index (χ0n) is 16.9. The minimum Gasteiger partial charge on any atom is -0.508 e. The molecule has 1 atom stereocenters. The van der Waals surface area contributed by atoms with Crippen molar-refractivity contribution in [2.75, 3.05) is 7.11 Å². The van der Waals surface area contributed by atoms with Gasteiger partial charge >= 0.3 is 0 Å². The van der Waals surface area contributed by atoms with Crippen LogP contribution in [0.2, 0.25) is 0 Å². The molecule has 3 aromatic carbocycles. The molecule has 0 aliphatic carbocycles. The van der Waals surface area contributed by atoms with E-state index in [2.05, 4.69) is 22.0 Å². The molecule has 3 N–H and O–H groups in total. The summed E-state index contributed by atoms with van der Waals surface area (Å²) in [7, 11) is 1.52. The van der Waals surface area contributed by atoms with Gasteiger partial charge in [-0.05, 0) is 57.4 Å². The molecule has 0 saturated carbocycles. The van der Waals surface area contributed by atoms with E-state index in [1.54, 1.807) is 24.3 Å². The number of fused-ring (bicyclic) bond motifs is 1. The number of halogens is 2. The summed E-state index contributed by atoms with van der Waals surface area (Å²) < 4.78 is 30.8. The van der Waals surface area contributed by atoms with Gasteiger partial charge in [0.2, 0.25) is 5.88 Å². The molecular weight excluding hydrogens is 479 g/mol. The standard InChI is InChI=1S/C24H18BrFN2O4/c1-30-21-9-14(8-19(25)23(21)31-12-13-2-4-15(26)5-3-13)22-17-7-6-16(29)10-20(17)32-24(28)18(22)11-27/h2-10,22,29H,12,28H2,1H3/t22-/m1/s1. The fourth-order valence-corrected chi connectivity index (χ4v) is 4.14. The lowest BCUT2D eigenvalue weighted by Gasteiger charge is -2.27. The second kappa shape index (κ2) is 8.81. The van der Waals surface area contributed by atoms with Gasteiger partial charge in [-0.25, -0.2) is 4.39 Å². The van der Waals surface area contributed by atoms with Gasteiger partial charge in [-0.15, -0.1) is 0 Å². The third-order valence-electron chi connectivity index (χ3n) is 5.08. The predicted molar refractivity (Wildman–Crippen MR) is 119 cm³/mol. The van der Waals surface area contributed by atoms with Crippen LogP contribution in [-0.2, 0) is 6.61 Å². The number of benzene rings is 3. The number of phenolic OH excluding ortho intramolecular Hbond substituents is 1. The number of nitrogens with two attached hydrogens (primary N) is 1. The number of hydrogen-bond donors (Lipinski definition) is 2. The summed E-state index contributed by atoms with van der Waals surface area (Å²) >= 11 is 3.53. The van der Waals surface area contributed by atoms with Crippen LogP contribution < -0.4 is 19.9 Å². The van der Waals surface area contributed by atoms with Crippen molar-refractivity contribution in [3.63, 3.8) is 0 Å². The van der Waals surface area contributed by atoms with E-state index in [4.69, 9.17) is 19.9 Å². The number of nitrogens with zero attached hydrogens (tertiary/aromatic N) is 1. The molecule has 8 heteroatoms. The highest BCUT2D eigenvalue weighted by Crippen LogP contribution is 2.47. The third-order valence-corrected chi connectivity index (χ3v) is 5.67. The van der Waals surface area contributed by atoms with Crippen molar-refractivity contribution in [2.24, 2.45) is 5.73 Å². The lowest BCUT2D eigenvalue weighted by Crippen LogP contribution is -2.21. The molecule has 32 heavy (non-hydrogen) atoms. The van der Waals surface area contributed by atoms with Crippen molar-refractivity contribution < 1.29 is 23.7 Å². The van der Waals surface area contributed by atoms with Crippen LogP contribution in [0.25, 0.3) is 0 Å². The van der Waals surface area contributed by atoms with E-state index in [0.29, 0.717) is 27.3 Å². The Balaban J connectivity index is 1.74. The van der Waals surface area contributed by atoms with Crippen molar-refractivity contribution in [1.82, 2.24) is 0 Å². The van der Waals surface area contributed by atoms with Gasteiger partial charge in [0.15, 0.2) is 11.5 Å². The van der Waals surface area contributed by atoms with Gasteiger partial charge in [-0.3, -0.25) is 0 Å². The molecule has 0 bridgehead atoms. The van der Waals surface area contributed by atoms with E-state index in [0.717, 1.165) is 11.1 Å². The maximum Gasteiger partial charge on any atom is 0.205 e. The number of nitriles is 1. The molecule has 1 heterocycles. The monoisotopic (exact) mass is 496 g/mol. The minimum atomic E-state index is -0.527. The summed E-state index contributed by atoms with van der Waals surface area (Å²) in [5, 5.41) is 19.6. The molecule has 0 fully saturated rings. The summed E-state index contributed by atoms with van der Waals surface area (Å²) in [5.41, 5.74) is 8.45. The smallest absolute Gasteiger partial charge is 0.205 e. The Morgan fingerprint density at radius 3 is 2.62 bits per heavy atom. The highest BCUT2D eigenvalue weighted by Gasteiger charge is 2.32. The zero-order chi connectivity index (χ0) is 22.8. The van der Waals surface area contributed by atoms with Gasteiger partial charge in [-0.1, -0.05) is 18.2 Å². The van der Waals surface area contributed by atoms with Crippen LogP contribution in [0.1, 0.15) is 22.6 Å². The average Bonchev–Trinajstić information content (AvgIpc) is 2.77. The Bertz CT molecular complexity index is 1250. The van der Waals surface area contributed by atoms with Gasteiger partial charge in [0.05, 0.1) is 17.5 Å². The summed E-state index contributed by atoms with van der Waals surface area (Å²) in [6.07, 6.45) is 0. The molecule has 0 radical (unpaired) electrons. The van der Waals surface area contributed by atoms with Crippen molar-refractivity contribution in [3.05, 3.63) is 93.0 Å². The molecule has 0 spiro atoms. The van der Waals surface area contributed by atoms with Crippen LogP contribution in [0.15, 0.2) is 70.5 Å². The number of rotatable bonds is 5. The number of aromatic hydroxyl groups is 1. The van der Waals surface area contributed by atoms with E-state index in [1.807, 2.05) is 6.07 Å². The molecular formula is C24H18BrFN2O4. The van der Waals surface area contributed by atoms with E-state index < -0.39 is 5.92 Å². The van der Waals surface area contributed by atoms with Gasteiger partial charge in [0.1, 0.15) is 35.6 Å². The average molecular weight is 497 g/mol. The highest BCUT2D eigenvalue weighted by atomic mass is 79.9.